The lowest BCUT2D eigenvalue weighted by Gasteiger charge is -2.09. The van der Waals surface area contributed by atoms with E-state index in [1.807, 2.05) is 42.5 Å². The monoisotopic (exact) mass is 392 g/mol. The first-order valence-corrected chi connectivity index (χ1v) is 8.63. The third kappa shape index (κ3) is 5.11. The standard InChI is InChI=1S/C23H15F3N2O/c24-23(25,26)20-7-4-8-21(14-20)28-22(29)19(15-27)13-16-9-11-18(12-10-16)17-5-2-1-3-6-17/h1-14H,(H,28,29)/b19-13-. The van der Waals surface area contributed by atoms with Crippen LogP contribution in [0.15, 0.2) is 84.4 Å². The van der Waals surface area contributed by atoms with Crippen molar-refractivity contribution in [1.82, 2.24) is 0 Å². The molecule has 3 aromatic rings. The normalized spacial score (nSPS) is 11.6. The Morgan fingerprint density at radius 1 is 0.897 bits per heavy atom. The zero-order valence-electron chi connectivity index (χ0n) is 15.1. The summed E-state index contributed by atoms with van der Waals surface area (Å²) in [5, 5.41) is 11.6. The van der Waals surface area contributed by atoms with Gasteiger partial charge < -0.3 is 5.32 Å². The summed E-state index contributed by atoms with van der Waals surface area (Å²) in [6, 6.07) is 23.0. The van der Waals surface area contributed by atoms with Gasteiger partial charge in [-0.1, -0.05) is 60.7 Å². The van der Waals surface area contributed by atoms with Crippen molar-refractivity contribution in [3.63, 3.8) is 0 Å². The van der Waals surface area contributed by atoms with E-state index in [0.29, 0.717) is 5.56 Å². The van der Waals surface area contributed by atoms with Gasteiger partial charge in [0.05, 0.1) is 5.56 Å². The van der Waals surface area contributed by atoms with Crippen molar-refractivity contribution in [2.45, 2.75) is 6.18 Å². The zero-order valence-corrected chi connectivity index (χ0v) is 15.1. The molecule has 0 aromatic heterocycles. The zero-order chi connectivity index (χ0) is 20.9. The lowest BCUT2D eigenvalue weighted by atomic mass is 10.0. The van der Waals surface area contributed by atoms with E-state index in [1.54, 1.807) is 18.2 Å². The van der Waals surface area contributed by atoms with Crippen molar-refractivity contribution in [2.24, 2.45) is 0 Å². The number of nitrogens with zero attached hydrogens (tertiary/aromatic N) is 1. The minimum Gasteiger partial charge on any atom is -0.321 e. The van der Waals surface area contributed by atoms with Crippen molar-refractivity contribution in [2.75, 3.05) is 5.32 Å². The minimum atomic E-state index is -4.52. The number of benzene rings is 3. The fourth-order valence-electron chi connectivity index (χ4n) is 2.69. The fourth-order valence-corrected chi connectivity index (χ4v) is 2.69. The van der Waals surface area contributed by atoms with Crippen LogP contribution < -0.4 is 5.32 Å². The smallest absolute Gasteiger partial charge is 0.321 e. The summed E-state index contributed by atoms with van der Waals surface area (Å²) in [5.41, 5.74) is 1.51. The first kappa shape index (κ1) is 19.9. The maximum Gasteiger partial charge on any atom is 0.416 e. The quantitative estimate of drug-likeness (QED) is 0.443. The molecule has 1 amide bonds. The number of rotatable bonds is 4. The van der Waals surface area contributed by atoms with E-state index in [1.165, 1.54) is 18.2 Å². The second-order valence-corrected chi connectivity index (χ2v) is 6.19. The van der Waals surface area contributed by atoms with Gasteiger partial charge in [-0.15, -0.1) is 0 Å². The Morgan fingerprint density at radius 2 is 1.55 bits per heavy atom. The van der Waals surface area contributed by atoms with E-state index in [9.17, 15) is 23.2 Å². The Balaban J connectivity index is 1.78. The number of nitrogens with one attached hydrogen (secondary N) is 1. The first-order valence-electron chi connectivity index (χ1n) is 8.63. The van der Waals surface area contributed by atoms with Crippen LogP contribution in [0, 0.1) is 11.3 Å². The molecule has 0 fully saturated rings. The molecule has 0 saturated heterocycles. The van der Waals surface area contributed by atoms with Crippen LogP contribution >= 0.6 is 0 Å². The molecular weight excluding hydrogens is 377 g/mol. The van der Waals surface area contributed by atoms with Gasteiger partial charge in [-0.2, -0.15) is 18.4 Å². The van der Waals surface area contributed by atoms with Gasteiger partial charge in [-0.3, -0.25) is 4.79 Å². The summed E-state index contributed by atoms with van der Waals surface area (Å²) in [6.45, 7) is 0. The Bertz CT molecular complexity index is 1080. The van der Waals surface area contributed by atoms with Crippen LogP contribution in [0.1, 0.15) is 11.1 Å². The van der Waals surface area contributed by atoms with E-state index in [2.05, 4.69) is 5.32 Å². The van der Waals surface area contributed by atoms with Crippen LogP contribution in [0.2, 0.25) is 0 Å². The van der Waals surface area contributed by atoms with Crippen LogP contribution in [-0.4, -0.2) is 5.91 Å². The van der Waals surface area contributed by atoms with Crippen LogP contribution in [0.25, 0.3) is 17.2 Å². The van der Waals surface area contributed by atoms with E-state index in [4.69, 9.17) is 0 Å². The molecule has 0 unspecified atom stereocenters. The van der Waals surface area contributed by atoms with Crippen molar-refractivity contribution < 1.29 is 18.0 Å². The van der Waals surface area contributed by atoms with E-state index in [-0.39, 0.29) is 11.3 Å². The SMILES string of the molecule is N#C/C(=C/c1ccc(-c2ccccc2)cc1)C(=O)Nc1cccc(C(F)(F)F)c1. The molecule has 144 valence electrons. The highest BCUT2D eigenvalue weighted by atomic mass is 19.4. The van der Waals surface area contributed by atoms with Gasteiger partial charge in [0.15, 0.2) is 0 Å². The van der Waals surface area contributed by atoms with Crippen molar-refractivity contribution >= 4 is 17.7 Å². The van der Waals surface area contributed by atoms with E-state index in [0.717, 1.165) is 23.3 Å². The number of carbonyl (C=O) groups is 1. The van der Waals surface area contributed by atoms with E-state index < -0.39 is 17.6 Å². The molecule has 0 radical (unpaired) electrons. The number of hydrogen-bond donors (Lipinski definition) is 1. The number of carbonyl (C=O) groups excluding carboxylic acids is 1. The van der Waals surface area contributed by atoms with Crippen LogP contribution in [-0.2, 0) is 11.0 Å². The van der Waals surface area contributed by atoms with Crippen LogP contribution in [0.4, 0.5) is 18.9 Å². The summed E-state index contributed by atoms with van der Waals surface area (Å²) in [4.78, 5) is 12.3. The first-order chi connectivity index (χ1) is 13.9. The summed E-state index contributed by atoms with van der Waals surface area (Å²) < 4.78 is 38.4. The Hall–Kier alpha value is -3.85. The molecule has 0 aliphatic rings. The predicted octanol–water partition coefficient (Wildman–Crippen LogP) is 5.92. The van der Waals surface area contributed by atoms with Gasteiger partial charge in [0, 0.05) is 5.69 Å². The van der Waals surface area contributed by atoms with Crippen LogP contribution in [0.5, 0.6) is 0 Å². The van der Waals surface area contributed by atoms with Gasteiger partial charge >= 0.3 is 6.18 Å². The average molecular weight is 392 g/mol. The molecule has 0 heterocycles. The number of anilines is 1. The second kappa shape index (κ2) is 8.44. The summed E-state index contributed by atoms with van der Waals surface area (Å²) in [6.07, 6.45) is -3.13. The lowest BCUT2D eigenvalue weighted by molar-refractivity contribution is -0.137. The maximum absolute atomic E-state index is 12.8. The molecule has 3 nitrogen and oxygen atoms in total. The summed E-state index contributed by atoms with van der Waals surface area (Å²) >= 11 is 0. The molecule has 0 aliphatic carbocycles. The molecule has 1 N–H and O–H groups in total. The lowest BCUT2D eigenvalue weighted by Crippen LogP contribution is -2.14. The van der Waals surface area contributed by atoms with E-state index >= 15 is 0 Å². The molecule has 0 spiro atoms. The highest BCUT2D eigenvalue weighted by molar-refractivity contribution is 6.09. The molecule has 3 aromatic carbocycles. The van der Waals surface area contributed by atoms with Crippen molar-refractivity contribution in [3.8, 4) is 17.2 Å². The van der Waals surface area contributed by atoms with Crippen molar-refractivity contribution in [3.05, 3.63) is 95.6 Å². The topological polar surface area (TPSA) is 52.9 Å². The second-order valence-electron chi connectivity index (χ2n) is 6.19. The number of nitriles is 1. The fraction of sp³-hybridized carbons (Fsp3) is 0.0435. The molecule has 0 atom stereocenters. The van der Waals surface area contributed by atoms with Crippen molar-refractivity contribution in [1.29, 1.82) is 5.26 Å². The van der Waals surface area contributed by atoms with Gasteiger partial charge in [-0.05, 0) is 41.0 Å². The van der Waals surface area contributed by atoms with Gasteiger partial charge in [-0.25, -0.2) is 0 Å². The molecule has 0 saturated carbocycles. The van der Waals surface area contributed by atoms with Crippen LogP contribution in [0.3, 0.4) is 0 Å². The van der Waals surface area contributed by atoms with Gasteiger partial charge in [0.2, 0.25) is 0 Å². The highest BCUT2D eigenvalue weighted by Gasteiger charge is 2.30. The molecule has 0 bridgehead atoms. The number of amides is 1. The van der Waals surface area contributed by atoms with Gasteiger partial charge in [0.25, 0.3) is 5.91 Å². The summed E-state index contributed by atoms with van der Waals surface area (Å²) in [5.74, 6) is -0.779. The highest BCUT2D eigenvalue weighted by Crippen LogP contribution is 2.30. The molecule has 6 heteroatoms. The average Bonchev–Trinajstić information content (AvgIpc) is 2.72. The summed E-state index contributed by atoms with van der Waals surface area (Å²) in [7, 11) is 0. The predicted molar refractivity (Wildman–Crippen MR) is 106 cm³/mol. The molecule has 3 rings (SSSR count). The maximum atomic E-state index is 12.8. The molecule has 0 aliphatic heterocycles. The third-order valence-electron chi connectivity index (χ3n) is 4.14. The molecule has 29 heavy (non-hydrogen) atoms. The number of alkyl halides is 3. The minimum absolute atomic E-state index is 0.0367. The Morgan fingerprint density at radius 3 is 2.17 bits per heavy atom. The number of halogens is 3. The third-order valence-corrected chi connectivity index (χ3v) is 4.14. The van der Waals surface area contributed by atoms with Gasteiger partial charge in [0.1, 0.15) is 11.6 Å². The largest absolute Gasteiger partial charge is 0.416 e. The number of hydrogen-bond acceptors (Lipinski definition) is 2. The Kier molecular flexibility index (Phi) is 5.79. The molecular formula is C23H15F3N2O. The Labute approximate surface area is 165 Å².